The number of imide groups is 1. The number of rotatable bonds is 8. The minimum absolute atomic E-state index is 0.0307. The van der Waals surface area contributed by atoms with Gasteiger partial charge in [-0.25, -0.2) is 14.9 Å². The standard InChI is InChI=1S/C29H29N5O2S/c1-3-19(2)25-27(36)34(26(35)21-9-5-4-6-10-21)28(33-25)31-22-15-13-20(14-16-22)17-18-30-29-32-23-11-7-8-12-24(23)37-29/h4-16,19,25H,3,17-18H2,1-2H3,(H,30,32)(H,31,33)/t19-,25-/m0/s1. The van der Waals surface area contributed by atoms with E-state index in [1.807, 2.05) is 62.4 Å². The Morgan fingerprint density at radius 3 is 2.49 bits per heavy atom. The quantitative estimate of drug-likeness (QED) is 0.291. The summed E-state index contributed by atoms with van der Waals surface area (Å²) < 4.78 is 1.17. The number of hydrogen-bond donors (Lipinski definition) is 2. The second-order valence-corrected chi connectivity index (χ2v) is 10.1. The smallest absolute Gasteiger partial charge is 0.267 e. The lowest BCUT2D eigenvalue weighted by Gasteiger charge is -2.19. The third-order valence-corrected chi connectivity index (χ3v) is 7.54. The van der Waals surface area contributed by atoms with Gasteiger partial charge in [0.05, 0.1) is 10.2 Å². The zero-order valence-electron chi connectivity index (χ0n) is 20.8. The maximum Gasteiger partial charge on any atom is 0.267 e. The van der Waals surface area contributed by atoms with E-state index in [9.17, 15) is 9.59 Å². The zero-order valence-corrected chi connectivity index (χ0v) is 21.7. The molecule has 188 valence electrons. The van der Waals surface area contributed by atoms with Crippen LogP contribution in [0.1, 0.15) is 36.2 Å². The van der Waals surface area contributed by atoms with Gasteiger partial charge in [0.2, 0.25) is 5.96 Å². The fraction of sp³-hybridized carbons (Fsp3) is 0.241. The van der Waals surface area contributed by atoms with Gasteiger partial charge in [0.1, 0.15) is 6.04 Å². The number of fused-ring (bicyclic) bond motifs is 1. The minimum Gasteiger partial charge on any atom is -0.361 e. The van der Waals surface area contributed by atoms with E-state index in [0.717, 1.165) is 35.7 Å². The van der Waals surface area contributed by atoms with Crippen LogP contribution in [-0.2, 0) is 11.2 Å². The number of nitrogens with zero attached hydrogens (tertiary/aromatic N) is 3. The molecule has 1 aliphatic rings. The van der Waals surface area contributed by atoms with E-state index in [-0.39, 0.29) is 23.7 Å². The van der Waals surface area contributed by atoms with Gasteiger partial charge in [-0.05, 0) is 54.3 Å². The highest BCUT2D eigenvalue weighted by Crippen LogP contribution is 2.26. The number of carbonyl (C=O) groups excluding carboxylic acids is 2. The molecular formula is C29H29N5O2S. The first-order valence-corrected chi connectivity index (χ1v) is 13.3. The summed E-state index contributed by atoms with van der Waals surface area (Å²) in [5.41, 5.74) is 3.39. The molecule has 2 amide bonds. The number of amides is 2. The van der Waals surface area contributed by atoms with Crippen LogP contribution in [0, 0.1) is 5.92 Å². The van der Waals surface area contributed by atoms with Crippen LogP contribution in [0.25, 0.3) is 10.2 Å². The number of anilines is 2. The second-order valence-electron chi connectivity index (χ2n) is 9.11. The van der Waals surface area contributed by atoms with Crippen molar-refractivity contribution in [1.82, 2.24) is 9.88 Å². The number of aliphatic imine (C=N–C) groups is 1. The van der Waals surface area contributed by atoms with Gasteiger partial charge in [-0.15, -0.1) is 0 Å². The number of carbonyl (C=O) groups is 2. The molecule has 7 nitrogen and oxygen atoms in total. The predicted octanol–water partition coefficient (Wildman–Crippen LogP) is 5.82. The van der Waals surface area contributed by atoms with Gasteiger partial charge >= 0.3 is 0 Å². The van der Waals surface area contributed by atoms with Crippen LogP contribution in [0.4, 0.5) is 10.8 Å². The van der Waals surface area contributed by atoms with E-state index in [4.69, 9.17) is 0 Å². The number of aromatic nitrogens is 1. The molecule has 5 rings (SSSR count). The van der Waals surface area contributed by atoms with Gasteiger partial charge in [0, 0.05) is 17.8 Å². The molecule has 8 heteroatoms. The highest BCUT2D eigenvalue weighted by Gasteiger charge is 2.41. The molecule has 2 N–H and O–H groups in total. The van der Waals surface area contributed by atoms with E-state index >= 15 is 0 Å². The maximum absolute atomic E-state index is 13.2. The van der Waals surface area contributed by atoms with Crippen LogP contribution in [0.3, 0.4) is 0 Å². The lowest BCUT2D eigenvalue weighted by atomic mass is 9.99. The van der Waals surface area contributed by atoms with Crippen molar-refractivity contribution in [2.24, 2.45) is 10.9 Å². The van der Waals surface area contributed by atoms with Gasteiger partial charge in [0.15, 0.2) is 5.13 Å². The van der Waals surface area contributed by atoms with Gasteiger partial charge < -0.3 is 10.6 Å². The van der Waals surface area contributed by atoms with E-state index in [1.54, 1.807) is 35.6 Å². The monoisotopic (exact) mass is 511 g/mol. The van der Waals surface area contributed by atoms with Crippen LogP contribution < -0.4 is 10.6 Å². The Morgan fingerprint density at radius 1 is 1.03 bits per heavy atom. The topological polar surface area (TPSA) is 86.7 Å². The van der Waals surface area contributed by atoms with Crippen LogP contribution in [-0.4, -0.2) is 40.2 Å². The van der Waals surface area contributed by atoms with Crippen molar-refractivity contribution < 1.29 is 9.59 Å². The molecular weight excluding hydrogens is 482 g/mol. The summed E-state index contributed by atoms with van der Waals surface area (Å²) in [4.78, 5) is 36.9. The molecule has 0 saturated heterocycles. The third-order valence-electron chi connectivity index (χ3n) is 6.55. The minimum atomic E-state index is -0.576. The fourth-order valence-electron chi connectivity index (χ4n) is 4.21. The SMILES string of the molecule is CC[C@H](C)[C@@H]1N=C(Nc2ccc(CCNc3nc4ccccc4s3)cc2)N(C(=O)c2ccccc2)C1=O. The van der Waals surface area contributed by atoms with Crippen molar-refractivity contribution in [2.75, 3.05) is 17.2 Å². The lowest BCUT2D eigenvalue weighted by molar-refractivity contribution is -0.126. The van der Waals surface area contributed by atoms with Crippen LogP contribution >= 0.6 is 11.3 Å². The first-order valence-electron chi connectivity index (χ1n) is 12.5. The Morgan fingerprint density at radius 2 is 1.76 bits per heavy atom. The number of nitrogens with one attached hydrogen (secondary N) is 2. The van der Waals surface area contributed by atoms with Gasteiger partial charge in [-0.2, -0.15) is 0 Å². The summed E-state index contributed by atoms with van der Waals surface area (Å²) >= 11 is 1.65. The van der Waals surface area contributed by atoms with E-state index in [2.05, 4.69) is 26.7 Å². The molecule has 2 heterocycles. The number of benzene rings is 3. The molecule has 0 aliphatic carbocycles. The highest BCUT2D eigenvalue weighted by molar-refractivity contribution is 7.22. The Kier molecular flexibility index (Phi) is 7.28. The zero-order chi connectivity index (χ0) is 25.8. The van der Waals surface area contributed by atoms with Gasteiger partial charge in [-0.1, -0.05) is 74.1 Å². The molecule has 0 saturated carbocycles. The average Bonchev–Trinajstić information content (AvgIpc) is 3.49. The fourth-order valence-corrected chi connectivity index (χ4v) is 5.11. The van der Waals surface area contributed by atoms with E-state index in [1.165, 1.54) is 15.2 Å². The number of hydrogen-bond acceptors (Lipinski definition) is 7. The molecule has 0 spiro atoms. The Labute approximate surface area is 220 Å². The Hall–Kier alpha value is -4.04. The van der Waals surface area contributed by atoms with Crippen molar-refractivity contribution in [1.29, 1.82) is 0 Å². The van der Waals surface area contributed by atoms with Gasteiger partial charge in [0.25, 0.3) is 11.8 Å². The molecule has 0 fully saturated rings. The Bertz CT molecular complexity index is 1400. The normalized spacial score (nSPS) is 16.1. The molecule has 0 bridgehead atoms. The van der Waals surface area contributed by atoms with E-state index in [0.29, 0.717) is 5.56 Å². The van der Waals surface area contributed by atoms with Crippen molar-refractivity contribution in [3.05, 3.63) is 90.0 Å². The van der Waals surface area contributed by atoms with Crippen molar-refractivity contribution in [3.63, 3.8) is 0 Å². The summed E-state index contributed by atoms with van der Waals surface area (Å²) in [7, 11) is 0. The van der Waals surface area contributed by atoms with Crippen LogP contribution in [0.5, 0.6) is 0 Å². The molecule has 3 aromatic carbocycles. The largest absolute Gasteiger partial charge is 0.361 e. The average molecular weight is 512 g/mol. The molecule has 0 unspecified atom stereocenters. The molecule has 0 radical (unpaired) electrons. The van der Waals surface area contributed by atoms with Crippen LogP contribution in [0.2, 0.25) is 0 Å². The summed E-state index contributed by atoms with van der Waals surface area (Å²) in [6, 6.07) is 24.3. The van der Waals surface area contributed by atoms with E-state index < -0.39 is 6.04 Å². The first-order chi connectivity index (χ1) is 18.0. The van der Waals surface area contributed by atoms with Crippen molar-refractivity contribution in [2.45, 2.75) is 32.7 Å². The highest BCUT2D eigenvalue weighted by atomic mass is 32.1. The Balaban J connectivity index is 1.25. The van der Waals surface area contributed by atoms with Crippen molar-refractivity contribution >= 4 is 50.1 Å². The summed E-state index contributed by atoms with van der Waals surface area (Å²) in [5.74, 6) is -0.360. The second kappa shape index (κ2) is 10.9. The molecule has 4 aromatic rings. The maximum atomic E-state index is 13.2. The van der Waals surface area contributed by atoms with Crippen LogP contribution in [0.15, 0.2) is 83.9 Å². The molecule has 1 aromatic heterocycles. The third kappa shape index (κ3) is 5.39. The molecule has 1 aliphatic heterocycles. The lowest BCUT2D eigenvalue weighted by Crippen LogP contribution is -2.44. The van der Waals surface area contributed by atoms with Gasteiger partial charge in [-0.3, -0.25) is 9.59 Å². The van der Waals surface area contributed by atoms with Crippen molar-refractivity contribution in [3.8, 4) is 0 Å². The number of para-hydroxylation sites is 1. The molecule has 37 heavy (non-hydrogen) atoms. The summed E-state index contributed by atoms with van der Waals surface area (Å²) in [5, 5.41) is 7.54. The summed E-state index contributed by atoms with van der Waals surface area (Å²) in [6.07, 6.45) is 1.63. The summed E-state index contributed by atoms with van der Waals surface area (Å²) in [6.45, 7) is 4.77. The molecule has 2 atom stereocenters. The number of thiazole rings is 1. The first kappa shape index (κ1) is 24.6. The predicted molar refractivity (Wildman–Crippen MR) is 150 cm³/mol. The number of guanidine groups is 1.